The van der Waals surface area contributed by atoms with Crippen LogP contribution in [0.25, 0.3) is 0 Å². The number of nitrogens with zero attached hydrogens (tertiary/aromatic N) is 1. The maximum absolute atomic E-state index is 14.0. The normalized spacial score (nSPS) is 15.2. The molecule has 0 N–H and O–H groups in total. The number of halogens is 2. The van der Waals surface area contributed by atoms with Crippen molar-refractivity contribution in [2.75, 3.05) is 19.7 Å². The van der Waals surface area contributed by atoms with Crippen LogP contribution < -0.4 is 0 Å². The number of piperidine rings is 1. The third-order valence-electron chi connectivity index (χ3n) is 4.54. The zero-order valence-corrected chi connectivity index (χ0v) is 15.4. The summed E-state index contributed by atoms with van der Waals surface area (Å²) >= 11 is 5.73. The minimum absolute atomic E-state index is 0.0237. The molecule has 1 aromatic carbocycles. The summed E-state index contributed by atoms with van der Waals surface area (Å²) in [5.41, 5.74) is -0.0237. The maximum Gasteiger partial charge on any atom is 0.309 e. The topological polar surface area (TPSA) is 46.6 Å². The van der Waals surface area contributed by atoms with Gasteiger partial charge in [-0.1, -0.05) is 43.9 Å². The van der Waals surface area contributed by atoms with Gasteiger partial charge in [0.05, 0.1) is 23.1 Å². The summed E-state index contributed by atoms with van der Waals surface area (Å²) in [5.74, 6) is -1.44. The molecule has 2 rings (SSSR count). The van der Waals surface area contributed by atoms with Gasteiger partial charge in [-0.2, -0.15) is 0 Å². The van der Waals surface area contributed by atoms with E-state index in [-0.39, 0.29) is 28.4 Å². The summed E-state index contributed by atoms with van der Waals surface area (Å²) in [7, 11) is 0. The second-order valence-corrected chi connectivity index (χ2v) is 6.80. The number of amides is 1. The van der Waals surface area contributed by atoms with E-state index in [1.807, 2.05) is 0 Å². The first kappa shape index (κ1) is 19.7. The number of esters is 1. The van der Waals surface area contributed by atoms with E-state index in [1.165, 1.54) is 12.1 Å². The van der Waals surface area contributed by atoms with Gasteiger partial charge in [0.1, 0.15) is 0 Å². The molecule has 6 heteroatoms. The molecule has 1 fully saturated rings. The highest BCUT2D eigenvalue weighted by atomic mass is 35.5. The fraction of sp³-hybridized carbons (Fsp3) is 0.579. The Bertz CT molecular complexity index is 600. The molecule has 1 aliphatic rings. The molecular weight excluding hydrogens is 345 g/mol. The Labute approximate surface area is 153 Å². The number of carbonyl (C=O) groups excluding carboxylic acids is 2. The highest BCUT2D eigenvalue weighted by Crippen LogP contribution is 2.23. The van der Waals surface area contributed by atoms with Crippen molar-refractivity contribution in [3.05, 3.63) is 34.6 Å². The van der Waals surface area contributed by atoms with Gasteiger partial charge >= 0.3 is 5.97 Å². The molecule has 1 aromatic rings. The lowest BCUT2D eigenvalue weighted by Gasteiger charge is -2.31. The molecule has 138 valence electrons. The third-order valence-corrected chi connectivity index (χ3v) is 4.83. The van der Waals surface area contributed by atoms with Crippen molar-refractivity contribution >= 4 is 23.5 Å². The second kappa shape index (κ2) is 9.76. The third kappa shape index (κ3) is 5.43. The van der Waals surface area contributed by atoms with Crippen molar-refractivity contribution in [3.8, 4) is 0 Å². The Hall–Kier alpha value is -1.62. The number of ether oxygens (including phenoxy) is 1. The first-order chi connectivity index (χ1) is 12.0. The molecule has 0 bridgehead atoms. The van der Waals surface area contributed by atoms with Crippen LogP contribution in [-0.2, 0) is 9.53 Å². The van der Waals surface area contributed by atoms with Gasteiger partial charge in [-0.15, -0.1) is 0 Å². The van der Waals surface area contributed by atoms with Crippen LogP contribution >= 0.6 is 11.6 Å². The van der Waals surface area contributed by atoms with E-state index >= 15 is 0 Å². The molecule has 25 heavy (non-hydrogen) atoms. The summed E-state index contributed by atoms with van der Waals surface area (Å²) < 4.78 is 19.3. The number of carbonyl (C=O) groups is 2. The SMILES string of the molecule is CCCCCCOC(=O)C1CCN(C(=O)c2cccc(Cl)c2F)CC1. The van der Waals surface area contributed by atoms with Crippen LogP contribution in [-0.4, -0.2) is 36.5 Å². The zero-order chi connectivity index (χ0) is 18.2. The van der Waals surface area contributed by atoms with Crippen LogP contribution in [0.15, 0.2) is 18.2 Å². The Morgan fingerprint density at radius 3 is 2.64 bits per heavy atom. The van der Waals surface area contributed by atoms with Crippen molar-refractivity contribution in [3.63, 3.8) is 0 Å². The highest BCUT2D eigenvalue weighted by molar-refractivity contribution is 6.31. The Morgan fingerprint density at radius 1 is 1.24 bits per heavy atom. The van der Waals surface area contributed by atoms with Gasteiger partial charge in [0.25, 0.3) is 5.91 Å². The fourth-order valence-corrected chi connectivity index (χ4v) is 3.15. The van der Waals surface area contributed by atoms with E-state index in [9.17, 15) is 14.0 Å². The molecule has 0 aromatic heterocycles. The lowest BCUT2D eigenvalue weighted by atomic mass is 9.96. The smallest absolute Gasteiger partial charge is 0.309 e. The van der Waals surface area contributed by atoms with Crippen molar-refractivity contribution in [1.29, 1.82) is 0 Å². The van der Waals surface area contributed by atoms with E-state index in [0.717, 1.165) is 25.7 Å². The highest BCUT2D eigenvalue weighted by Gasteiger charge is 2.29. The summed E-state index contributed by atoms with van der Waals surface area (Å²) in [6, 6.07) is 4.40. The van der Waals surface area contributed by atoms with Gasteiger partial charge in [-0.05, 0) is 31.4 Å². The van der Waals surface area contributed by atoms with Crippen LogP contribution in [0, 0.1) is 11.7 Å². The monoisotopic (exact) mass is 369 g/mol. The quantitative estimate of drug-likeness (QED) is 0.526. The molecule has 0 unspecified atom stereocenters. The van der Waals surface area contributed by atoms with E-state index in [2.05, 4.69) is 6.92 Å². The minimum atomic E-state index is -0.692. The maximum atomic E-state index is 14.0. The molecular formula is C19H25ClFNO3. The summed E-state index contributed by atoms with van der Waals surface area (Å²) in [4.78, 5) is 26.1. The zero-order valence-electron chi connectivity index (χ0n) is 14.6. The second-order valence-electron chi connectivity index (χ2n) is 6.40. The lowest BCUT2D eigenvalue weighted by Crippen LogP contribution is -2.41. The van der Waals surface area contributed by atoms with E-state index in [1.54, 1.807) is 11.0 Å². The molecule has 4 nitrogen and oxygen atoms in total. The Balaban J connectivity index is 1.80. The van der Waals surface area contributed by atoms with Crippen molar-refractivity contribution in [2.45, 2.75) is 45.4 Å². The van der Waals surface area contributed by atoms with Gasteiger partial charge in [-0.25, -0.2) is 4.39 Å². The average Bonchev–Trinajstić information content (AvgIpc) is 2.63. The van der Waals surface area contributed by atoms with Crippen LogP contribution in [0.2, 0.25) is 5.02 Å². The first-order valence-corrected chi connectivity index (χ1v) is 9.32. The van der Waals surface area contributed by atoms with Crippen LogP contribution in [0.1, 0.15) is 55.8 Å². The van der Waals surface area contributed by atoms with Crippen LogP contribution in [0.3, 0.4) is 0 Å². The number of hydrogen-bond donors (Lipinski definition) is 0. The molecule has 0 spiro atoms. The number of benzene rings is 1. The van der Waals surface area contributed by atoms with Crippen LogP contribution in [0.5, 0.6) is 0 Å². The van der Waals surface area contributed by atoms with Gasteiger partial charge in [0.15, 0.2) is 5.82 Å². The number of likely N-dealkylation sites (tertiary alicyclic amines) is 1. The van der Waals surface area contributed by atoms with Crippen molar-refractivity contribution in [2.24, 2.45) is 5.92 Å². The Morgan fingerprint density at radius 2 is 1.96 bits per heavy atom. The number of hydrogen-bond acceptors (Lipinski definition) is 3. The summed E-state index contributed by atoms with van der Waals surface area (Å²) in [5, 5.41) is -0.0626. The molecule has 1 aliphatic heterocycles. The molecule has 0 radical (unpaired) electrons. The van der Waals surface area contributed by atoms with E-state index < -0.39 is 5.82 Å². The van der Waals surface area contributed by atoms with Crippen LogP contribution in [0.4, 0.5) is 4.39 Å². The molecule has 1 saturated heterocycles. The predicted molar refractivity (Wildman–Crippen MR) is 95.1 cm³/mol. The molecule has 0 atom stereocenters. The van der Waals surface area contributed by atoms with E-state index in [0.29, 0.717) is 32.5 Å². The molecule has 0 saturated carbocycles. The average molecular weight is 370 g/mol. The van der Waals surface area contributed by atoms with Crippen molar-refractivity contribution < 1.29 is 18.7 Å². The van der Waals surface area contributed by atoms with E-state index in [4.69, 9.17) is 16.3 Å². The minimum Gasteiger partial charge on any atom is -0.465 e. The number of unbranched alkanes of at least 4 members (excludes halogenated alkanes) is 3. The van der Waals surface area contributed by atoms with Crippen molar-refractivity contribution in [1.82, 2.24) is 4.90 Å². The molecule has 0 aliphatic carbocycles. The largest absolute Gasteiger partial charge is 0.465 e. The van der Waals surface area contributed by atoms with Gasteiger partial charge in [-0.3, -0.25) is 9.59 Å². The Kier molecular flexibility index (Phi) is 7.69. The lowest BCUT2D eigenvalue weighted by molar-refractivity contribution is -0.150. The molecule has 1 amide bonds. The molecule has 1 heterocycles. The van der Waals surface area contributed by atoms with Gasteiger partial charge in [0.2, 0.25) is 0 Å². The summed E-state index contributed by atoms with van der Waals surface area (Å²) in [6.45, 7) is 3.43. The van der Waals surface area contributed by atoms with Gasteiger partial charge in [0, 0.05) is 13.1 Å². The number of rotatable bonds is 7. The first-order valence-electron chi connectivity index (χ1n) is 8.94. The fourth-order valence-electron chi connectivity index (χ4n) is 2.98. The van der Waals surface area contributed by atoms with Gasteiger partial charge < -0.3 is 9.64 Å². The summed E-state index contributed by atoms with van der Waals surface area (Å²) in [6.07, 6.45) is 5.35. The standard InChI is InChI=1S/C19H25ClFNO3/c1-2-3-4-5-13-25-19(24)14-9-11-22(12-10-14)18(23)15-7-6-8-16(20)17(15)21/h6-8,14H,2-5,9-13H2,1H3. The predicted octanol–water partition coefficient (Wildman–Crippen LogP) is 4.45.